The Bertz CT molecular complexity index is 2370. The first kappa shape index (κ1) is 33.8. The Morgan fingerprint density at radius 2 is 1.72 bits per heavy atom. The van der Waals surface area contributed by atoms with Crippen LogP contribution in [0, 0.1) is 11.6 Å². The summed E-state index contributed by atoms with van der Waals surface area (Å²) in [5.74, 6) is -1.88. The maximum Gasteiger partial charge on any atom is 0.263 e. The second-order valence-corrected chi connectivity index (χ2v) is 14.2. The van der Waals surface area contributed by atoms with Crippen LogP contribution in [0.3, 0.4) is 0 Å². The Balaban J connectivity index is 1.21. The Labute approximate surface area is 294 Å². The zero-order valence-corrected chi connectivity index (χ0v) is 28.3. The van der Waals surface area contributed by atoms with E-state index in [1.807, 2.05) is 18.2 Å². The molecule has 3 aromatic carbocycles. The maximum atomic E-state index is 15.8. The van der Waals surface area contributed by atoms with Crippen LogP contribution in [-0.4, -0.2) is 68.4 Å². The fourth-order valence-electron chi connectivity index (χ4n) is 5.99. The lowest BCUT2D eigenvalue weighted by molar-refractivity contribution is -0.00531. The zero-order valence-electron chi connectivity index (χ0n) is 26.0. The topological polar surface area (TPSA) is 158 Å². The van der Waals surface area contributed by atoms with E-state index in [2.05, 4.69) is 29.9 Å². The van der Waals surface area contributed by atoms with E-state index in [9.17, 15) is 18.6 Å². The number of hydrogen-bond donors (Lipinski definition) is 4. The SMILES string of the molecule is O=S(=O)(Nc1ccc(F)c(Nc2ncnc3ccc(-n4cnc5c(N6CCC(O)(CCO)CC6)cccc54)nc23)c1F)c1cccc(Cl)c1Cl. The lowest BCUT2D eigenvalue weighted by Crippen LogP contribution is -2.45. The molecule has 1 aliphatic heterocycles. The fraction of sp³-hybridized carbons (Fsp3) is 0.212. The molecule has 7 rings (SSSR count). The Morgan fingerprint density at radius 1 is 0.940 bits per heavy atom. The largest absolute Gasteiger partial charge is 0.396 e. The lowest BCUT2D eigenvalue weighted by Gasteiger charge is -2.39. The van der Waals surface area contributed by atoms with Crippen molar-refractivity contribution in [2.24, 2.45) is 0 Å². The molecule has 258 valence electrons. The van der Waals surface area contributed by atoms with Gasteiger partial charge in [-0.05, 0) is 67.8 Å². The molecule has 1 aliphatic rings. The van der Waals surface area contributed by atoms with E-state index in [-0.39, 0.29) is 32.9 Å². The number of halogens is 4. The number of pyridine rings is 1. The number of nitrogens with zero attached hydrogens (tertiary/aromatic N) is 6. The molecule has 3 aromatic heterocycles. The van der Waals surface area contributed by atoms with Gasteiger partial charge in [-0.3, -0.25) is 9.29 Å². The van der Waals surface area contributed by atoms with Crippen molar-refractivity contribution < 1.29 is 27.4 Å². The van der Waals surface area contributed by atoms with E-state index in [0.717, 1.165) is 23.3 Å². The third kappa shape index (κ3) is 6.26. The van der Waals surface area contributed by atoms with Gasteiger partial charge in [0, 0.05) is 19.7 Å². The molecule has 0 aliphatic carbocycles. The van der Waals surface area contributed by atoms with Crippen molar-refractivity contribution in [1.82, 2.24) is 24.5 Å². The van der Waals surface area contributed by atoms with E-state index in [1.54, 1.807) is 23.0 Å². The van der Waals surface area contributed by atoms with Crippen molar-refractivity contribution in [2.75, 3.05) is 34.6 Å². The highest BCUT2D eigenvalue weighted by atomic mass is 35.5. The number of para-hydroxylation sites is 1. The lowest BCUT2D eigenvalue weighted by atomic mass is 9.88. The minimum absolute atomic E-state index is 0.0151. The molecule has 0 unspecified atom stereocenters. The standard InChI is InChI=1S/C33H28Cl2F2N8O4S/c34-19-3-1-6-25(27(19)35)50(48,49)43-21-8-7-20(36)29(28(21)37)42-32-30-22(38-17-39-32)9-10-26(41-30)45-18-40-31-23(4-2-5-24(31)45)44-14-11-33(47,12-15-44)13-16-46/h1-10,17-18,43,46-47H,11-16H2,(H,38,39,42). The highest BCUT2D eigenvalue weighted by molar-refractivity contribution is 7.92. The third-order valence-corrected chi connectivity index (χ3v) is 11.0. The highest BCUT2D eigenvalue weighted by Gasteiger charge is 2.32. The van der Waals surface area contributed by atoms with Crippen LogP contribution >= 0.6 is 23.2 Å². The molecule has 50 heavy (non-hydrogen) atoms. The summed E-state index contributed by atoms with van der Waals surface area (Å²) < 4.78 is 60.9. The van der Waals surface area contributed by atoms with Gasteiger partial charge in [-0.15, -0.1) is 0 Å². The van der Waals surface area contributed by atoms with Crippen LogP contribution < -0.4 is 14.9 Å². The monoisotopic (exact) mass is 740 g/mol. The van der Waals surface area contributed by atoms with Crippen molar-refractivity contribution in [3.05, 3.63) is 95.0 Å². The minimum atomic E-state index is -4.42. The summed E-state index contributed by atoms with van der Waals surface area (Å²) in [6.07, 6.45) is 4.18. The molecule has 0 atom stereocenters. The van der Waals surface area contributed by atoms with E-state index in [1.165, 1.54) is 24.5 Å². The van der Waals surface area contributed by atoms with Crippen LogP contribution in [0.4, 0.5) is 31.7 Å². The Hall–Kier alpha value is -4.67. The summed E-state index contributed by atoms with van der Waals surface area (Å²) in [5.41, 5.74) is 0.766. The van der Waals surface area contributed by atoms with Crippen molar-refractivity contribution in [3.63, 3.8) is 0 Å². The number of rotatable bonds is 9. The number of benzene rings is 3. The number of aliphatic hydroxyl groups is 2. The van der Waals surface area contributed by atoms with E-state index >= 15 is 8.78 Å². The third-order valence-electron chi connectivity index (χ3n) is 8.67. The normalized spacial score (nSPS) is 14.7. The van der Waals surface area contributed by atoms with Gasteiger partial charge in [0.25, 0.3) is 10.0 Å². The van der Waals surface area contributed by atoms with E-state index in [0.29, 0.717) is 49.2 Å². The molecular weight excluding hydrogens is 713 g/mol. The van der Waals surface area contributed by atoms with Gasteiger partial charge in [-0.2, -0.15) is 0 Å². The molecule has 12 nitrogen and oxygen atoms in total. The average molecular weight is 742 g/mol. The van der Waals surface area contributed by atoms with Gasteiger partial charge < -0.3 is 20.4 Å². The van der Waals surface area contributed by atoms with Gasteiger partial charge in [-0.1, -0.05) is 35.3 Å². The van der Waals surface area contributed by atoms with Crippen LogP contribution in [0.25, 0.3) is 27.9 Å². The predicted molar refractivity (Wildman–Crippen MR) is 187 cm³/mol. The molecule has 0 bridgehead atoms. The van der Waals surface area contributed by atoms with Crippen molar-refractivity contribution >= 4 is 78.2 Å². The van der Waals surface area contributed by atoms with Crippen LogP contribution in [0.1, 0.15) is 19.3 Å². The summed E-state index contributed by atoms with van der Waals surface area (Å²) >= 11 is 12.1. The summed E-state index contributed by atoms with van der Waals surface area (Å²) in [6.45, 7) is 1.11. The first-order valence-corrected chi connectivity index (χ1v) is 17.6. The molecule has 17 heteroatoms. The molecule has 4 heterocycles. The van der Waals surface area contributed by atoms with Gasteiger partial charge in [0.15, 0.2) is 11.6 Å². The van der Waals surface area contributed by atoms with E-state index < -0.39 is 38.6 Å². The minimum Gasteiger partial charge on any atom is -0.396 e. The fourth-order valence-corrected chi connectivity index (χ4v) is 7.82. The van der Waals surface area contributed by atoms with E-state index in [4.69, 9.17) is 28.2 Å². The maximum absolute atomic E-state index is 15.8. The number of nitrogens with one attached hydrogen (secondary N) is 2. The number of anilines is 4. The summed E-state index contributed by atoms with van der Waals surface area (Å²) in [4.78, 5) is 19.6. The number of hydrogen-bond acceptors (Lipinski definition) is 10. The number of piperidine rings is 1. The van der Waals surface area contributed by atoms with Gasteiger partial charge in [0.1, 0.15) is 45.9 Å². The molecule has 6 aromatic rings. The summed E-state index contributed by atoms with van der Waals surface area (Å²) in [7, 11) is -4.42. The number of sulfonamides is 1. The number of fused-ring (bicyclic) bond motifs is 2. The van der Waals surface area contributed by atoms with Crippen LogP contribution in [0.15, 0.2) is 78.2 Å². The predicted octanol–water partition coefficient (Wildman–Crippen LogP) is 6.21. The smallest absolute Gasteiger partial charge is 0.263 e. The van der Waals surface area contributed by atoms with Gasteiger partial charge in [0.2, 0.25) is 0 Å². The van der Waals surface area contributed by atoms with Crippen molar-refractivity contribution in [3.8, 4) is 5.82 Å². The molecule has 1 fully saturated rings. The first-order chi connectivity index (χ1) is 24.0. The molecule has 0 amide bonds. The highest BCUT2D eigenvalue weighted by Crippen LogP contribution is 2.36. The molecule has 1 saturated heterocycles. The van der Waals surface area contributed by atoms with Gasteiger partial charge in [0.05, 0.1) is 38.1 Å². The van der Waals surface area contributed by atoms with Gasteiger partial charge in [-0.25, -0.2) is 37.1 Å². The van der Waals surface area contributed by atoms with Crippen LogP contribution in [0.2, 0.25) is 10.0 Å². The number of aromatic nitrogens is 5. The number of imidazole rings is 1. The number of aliphatic hydroxyl groups excluding tert-OH is 1. The molecule has 0 saturated carbocycles. The average Bonchev–Trinajstić information content (AvgIpc) is 3.54. The molecule has 0 radical (unpaired) electrons. The van der Waals surface area contributed by atoms with Crippen LogP contribution in [-0.2, 0) is 10.0 Å². The van der Waals surface area contributed by atoms with Crippen LogP contribution in [0.5, 0.6) is 0 Å². The zero-order chi connectivity index (χ0) is 35.2. The Kier molecular flexibility index (Phi) is 8.94. The molecule has 0 spiro atoms. The summed E-state index contributed by atoms with van der Waals surface area (Å²) in [5, 5.41) is 22.4. The second kappa shape index (κ2) is 13.2. The Morgan fingerprint density at radius 3 is 2.50 bits per heavy atom. The first-order valence-electron chi connectivity index (χ1n) is 15.4. The van der Waals surface area contributed by atoms with Crippen molar-refractivity contribution in [1.29, 1.82) is 0 Å². The second-order valence-electron chi connectivity index (χ2n) is 11.8. The van der Waals surface area contributed by atoms with Crippen molar-refractivity contribution in [2.45, 2.75) is 29.8 Å². The molecule has 4 N–H and O–H groups in total. The van der Waals surface area contributed by atoms with Gasteiger partial charge >= 0.3 is 0 Å². The quantitative estimate of drug-likeness (QED) is 0.134. The summed E-state index contributed by atoms with van der Waals surface area (Å²) in [6, 6.07) is 15.0. The molecular formula is C33H28Cl2F2N8O4S.